The van der Waals surface area contributed by atoms with Gasteiger partial charge < -0.3 is 19.4 Å². The Morgan fingerprint density at radius 2 is 1.97 bits per heavy atom. The van der Waals surface area contributed by atoms with Gasteiger partial charge in [0.2, 0.25) is 0 Å². The van der Waals surface area contributed by atoms with Crippen molar-refractivity contribution >= 4 is 23.2 Å². The number of aromatic nitrogens is 1. The van der Waals surface area contributed by atoms with Crippen LogP contribution < -0.4 is 10.1 Å². The number of halogens is 1. The van der Waals surface area contributed by atoms with E-state index in [2.05, 4.69) is 27.1 Å². The van der Waals surface area contributed by atoms with E-state index in [1.54, 1.807) is 38.5 Å². The highest BCUT2D eigenvalue weighted by Gasteiger charge is 2.19. The molecule has 8 heteroatoms. The summed E-state index contributed by atoms with van der Waals surface area (Å²) in [5.41, 5.74) is 3.53. The number of carbonyl (C=O) groups is 1. The van der Waals surface area contributed by atoms with Crippen molar-refractivity contribution < 1.29 is 13.9 Å². The summed E-state index contributed by atoms with van der Waals surface area (Å²) in [6.45, 7) is 6.42. The fourth-order valence-corrected chi connectivity index (χ4v) is 4.00. The van der Waals surface area contributed by atoms with Gasteiger partial charge in [0.15, 0.2) is 5.89 Å². The molecule has 1 N–H and O–H groups in total. The second-order valence-electron chi connectivity index (χ2n) is 8.00. The van der Waals surface area contributed by atoms with E-state index in [9.17, 15) is 4.79 Å². The van der Waals surface area contributed by atoms with E-state index in [0.717, 1.165) is 37.5 Å². The van der Waals surface area contributed by atoms with E-state index in [4.69, 9.17) is 20.8 Å². The van der Waals surface area contributed by atoms with Crippen LogP contribution in [-0.2, 0) is 6.54 Å². The monoisotopic (exact) mass is 454 g/mol. The summed E-state index contributed by atoms with van der Waals surface area (Å²) in [5.74, 6) is 1.11. The molecule has 1 amide bonds. The molecule has 0 radical (unpaired) electrons. The Kier molecular flexibility index (Phi) is 6.79. The Hall–Kier alpha value is -2.87. The van der Waals surface area contributed by atoms with Crippen LogP contribution in [0.1, 0.15) is 21.8 Å². The lowest BCUT2D eigenvalue weighted by molar-refractivity contribution is 0.102. The number of hydrogen-bond acceptors (Lipinski definition) is 6. The fourth-order valence-electron chi connectivity index (χ4n) is 3.78. The molecule has 0 bridgehead atoms. The summed E-state index contributed by atoms with van der Waals surface area (Å²) in [6, 6.07) is 10.9. The Morgan fingerprint density at radius 3 is 2.66 bits per heavy atom. The second kappa shape index (κ2) is 9.73. The van der Waals surface area contributed by atoms with Gasteiger partial charge in [-0.3, -0.25) is 9.69 Å². The number of piperazine rings is 1. The third kappa shape index (κ3) is 5.12. The highest BCUT2D eigenvalue weighted by molar-refractivity contribution is 6.33. The molecule has 168 valence electrons. The smallest absolute Gasteiger partial charge is 0.255 e. The normalized spacial score (nSPS) is 15.0. The average Bonchev–Trinajstić information content (AvgIpc) is 3.22. The number of hydrogen-bond donors (Lipinski definition) is 1. The first kappa shape index (κ1) is 22.3. The van der Waals surface area contributed by atoms with Crippen LogP contribution in [0.5, 0.6) is 5.75 Å². The first-order valence-corrected chi connectivity index (χ1v) is 10.9. The van der Waals surface area contributed by atoms with Crippen molar-refractivity contribution in [3.8, 4) is 17.0 Å². The van der Waals surface area contributed by atoms with Gasteiger partial charge in [-0.05, 0) is 49.0 Å². The molecule has 3 aromatic rings. The van der Waals surface area contributed by atoms with Gasteiger partial charge in [-0.2, -0.15) is 0 Å². The molecule has 1 fully saturated rings. The number of oxazole rings is 1. The molecule has 0 unspecified atom stereocenters. The van der Waals surface area contributed by atoms with Gasteiger partial charge in [0.05, 0.1) is 12.1 Å². The molecule has 4 rings (SSSR count). The van der Waals surface area contributed by atoms with E-state index in [1.807, 2.05) is 18.2 Å². The summed E-state index contributed by atoms with van der Waals surface area (Å²) >= 11 is 6.35. The average molecular weight is 455 g/mol. The van der Waals surface area contributed by atoms with Crippen LogP contribution in [0.15, 0.2) is 47.1 Å². The first-order valence-electron chi connectivity index (χ1n) is 10.5. The molecule has 2 aromatic carbocycles. The summed E-state index contributed by atoms with van der Waals surface area (Å²) in [4.78, 5) is 22.2. The Labute approximate surface area is 192 Å². The van der Waals surface area contributed by atoms with Gasteiger partial charge in [0.1, 0.15) is 17.7 Å². The molecule has 0 spiro atoms. The third-order valence-corrected chi connectivity index (χ3v) is 6.00. The predicted octanol–water partition coefficient (Wildman–Crippen LogP) is 4.31. The van der Waals surface area contributed by atoms with E-state index < -0.39 is 0 Å². The first-order chi connectivity index (χ1) is 15.4. The van der Waals surface area contributed by atoms with Crippen LogP contribution >= 0.6 is 11.6 Å². The molecule has 2 heterocycles. The van der Waals surface area contributed by atoms with Crippen LogP contribution in [-0.4, -0.2) is 61.0 Å². The molecule has 0 saturated carbocycles. The van der Waals surface area contributed by atoms with E-state index in [1.165, 1.54) is 0 Å². The van der Waals surface area contributed by atoms with Gasteiger partial charge in [0, 0.05) is 56.5 Å². The maximum atomic E-state index is 13.2. The van der Waals surface area contributed by atoms with Crippen molar-refractivity contribution in [3.05, 3.63) is 64.7 Å². The van der Waals surface area contributed by atoms with Crippen molar-refractivity contribution in [2.24, 2.45) is 0 Å². The Morgan fingerprint density at radius 1 is 1.19 bits per heavy atom. The Balaban J connectivity index is 1.56. The summed E-state index contributed by atoms with van der Waals surface area (Å²) in [5, 5.41) is 3.54. The number of aryl methyl sites for hydroxylation is 1. The molecular weight excluding hydrogens is 428 g/mol. The number of amides is 1. The lowest BCUT2D eigenvalue weighted by atomic mass is 10.0. The van der Waals surface area contributed by atoms with Crippen LogP contribution in [0.3, 0.4) is 0 Å². The molecule has 1 saturated heterocycles. The van der Waals surface area contributed by atoms with Crippen molar-refractivity contribution in [2.45, 2.75) is 13.5 Å². The quantitative estimate of drug-likeness (QED) is 0.598. The van der Waals surface area contributed by atoms with Gasteiger partial charge >= 0.3 is 0 Å². The number of ether oxygens (including phenoxy) is 1. The van der Waals surface area contributed by atoms with Crippen molar-refractivity contribution in [1.82, 2.24) is 14.8 Å². The zero-order chi connectivity index (χ0) is 22.7. The number of carbonyl (C=O) groups excluding carboxylic acids is 1. The molecule has 1 aromatic heterocycles. The minimum absolute atomic E-state index is 0.179. The van der Waals surface area contributed by atoms with Gasteiger partial charge in [-0.1, -0.05) is 11.6 Å². The molecule has 32 heavy (non-hydrogen) atoms. The lowest BCUT2D eigenvalue weighted by Gasteiger charge is -2.32. The summed E-state index contributed by atoms with van der Waals surface area (Å²) < 4.78 is 10.7. The number of nitrogens with zero attached hydrogens (tertiary/aromatic N) is 3. The van der Waals surface area contributed by atoms with Gasteiger partial charge in [-0.15, -0.1) is 0 Å². The van der Waals surface area contributed by atoms with Crippen molar-refractivity contribution in [3.63, 3.8) is 0 Å². The van der Waals surface area contributed by atoms with Gasteiger partial charge in [-0.25, -0.2) is 4.98 Å². The maximum absolute atomic E-state index is 13.2. The fraction of sp³-hybridized carbons (Fsp3) is 0.333. The van der Waals surface area contributed by atoms with Crippen LogP contribution in [0.25, 0.3) is 11.3 Å². The minimum Gasteiger partial charge on any atom is -0.497 e. The maximum Gasteiger partial charge on any atom is 0.255 e. The zero-order valence-corrected chi connectivity index (χ0v) is 19.3. The highest BCUT2D eigenvalue weighted by Crippen LogP contribution is 2.30. The molecule has 1 aliphatic heterocycles. The van der Waals surface area contributed by atoms with Crippen LogP contribution in [0, 0.1) is 6.92 Å². The predicted molar refractivity (Wildman–Crippen MR) is 125 cm³/mol. The van der Waals surface area contributed by atoms with Gasteiger partial charge in [0.25, 0.3) is 5.91 Å². The number of nitrogens with one attached hydrogen (secondary N) is 1. The topological polar surface area (TPSA) is 70.8 Å². The standard InChI is InChI=1S/C24H27ClN4O3/c1-16-26-23(15-32-16)21-13-18(4-7-22(21)25)27-24(30)20-6-5-19(31-3)12-17(20)14-29-10-8-28(2)9-11-29/h4-7,12-13,15H,8-11,14H2,1-3H3,(H,27,30). The van der Waals surface area contributed by atoms with E-state index in [-0.39, 0.29) is 5.91 Å². The second-order valence-corrected chi connectivity index (χ2v) is 8.41. The number of likely N-dealkylation sites (N-methyl/N-ethyl adjacent to an activating group) is 1. The number of methoxy groups -OCH3 is 1. The van der Waals surface area contributed by atoms with E-state index in [0.29, 0.717) is 40.0 Å². The van der Waals surface area contributed by atoms with Crippen LogP contribution in [0.4, 0.5) is 5.69 Å². The molecule has 0 atom stereocenters. The SMILES string of the molecule is COc1ccc(C(=O)Nc2ccc(Cl)c(-c3coc(C)n3)c2)c(CN2CCN(C)CC2)c1. The zero-order valence-electron chi connectivity index (χ0n) is 18.5. The molecule has 0 aliphatic carbocycles. The number of anilines is 1. The molecule has 7 nitrogen and oxygen atoms in total. The number of benzene rings is 2. The van der Waals surface area contributed by atoms with Crippen LogP contribution in [0.2, 0.25) is 5.02 Å². The summed E-state index contributed by atoms with van der Waals surface area (Å²) in [6.07, 6.45) is 1.56. The number of rotatable bonds is 6. The summed E-state index contributed by atoms with van der Waals surface area (Å²) in [7, 11) is 3.76. The third-order valence-electron chi connectivity index (χ3n) is 5.67. The van der Waals surface area contributed by atoms with Crippen molar-refractivity contribution in [1.29, 1.82) is 0 Å². The Bertz CT molecular complexity index is 1110. The lowest BCUT2D eigenvalue weighted by Crippen LogP contribution is -2.44. The van der Waals surface area contributed by atoms with Crippen molar-refractivity contribution in [2.75, 3.05) is 45.7 Å². The minimum atomic E-state index is -0.179. The van der Waals surface area contributed by atoms with E-state index >= 15 is 0 Å². The highest BCUT2D eigenvalue weighted by atomic mass is 35.5. The molecule has 1 aliphatic rings. The largest absolute Gasteiger partial charge is 0.497 e. The molecular formula is C24H27ClN4O3.